The lowest BCUT2D eigenvalue weighted by Gasteiger charge is -2.03. The van der Waals surface area contributed by atoms with E-state index >= 15 is 0 Å². The van der Waals surface area contributed by atoms with Gasteiger partial charge in [-0.1, -0.05) is 18.3 Å². The number of benzene rings is 1. The largest absolute Gasteiger partial charge is 0.340 e. The smallest absolute Gasteiger partial charge is 0.274 e. The Balaban J connectivity index is 1.92. The van der Waals surface area contributed by atoms with Crippen LogP contribution in [0.25, 0.3) is 10.9 Å². The van der Waals surface area contributed by atoms with E-state index in [1.807, 2.05) is 6.92 Å². The highest BCUT2D eigenvalue weighted by atomic mass is 32.1. The molecule has 0 bridgehead atoms. The van der Waals surface area contributed by atoms with Gasteiger partial charge in [0.05, 0.1) is 5.52 Å². The lowest BCUT2D eigenvalue weighted by Crippen LogP contribution is -2.15. The van der Waals surface area contributed by atoms with Crippen LogP contribution in [0, 0.1) is 5.82 Å². The predicted molar refractivity (Wildman–Crippen MR) is 80.1 cm³/mol. The van der Waals surface area contributed by atoms with E-state index < -0.39 is 0 Å². The van der Waals surface area contributed by atoms with Gasteiger partial charge in [0.15, 0.2) is 0 Å². The number of rotatable bonds is 3. The van der Waals surface area contributed by atoms with Crippen molar-refractivity contribution < 1.29 is 9.18 Å². The lowest BCUT2D eigenvalue weighted by molar-refractivity contribution is 0.101. The van der Waals surface area contributed by atoms with Gasteiger partial charge in [-0.3, -0.25) is 10.1 Å². The maximum Gasteiger partial charge on any atom is 0.274 e. The van der Waals surface area contributed by atoms with Crippen molar-refractivity contribution in [3.63, 3.8) is 0 Å². The van der Waals surface area contributed by atoms with Gasteiger partial charge in [-0.05, 0) is 30.7 Å². The Labute approximate surface area is 124 Å². The fourth-order valence-corrected chi connectivity index (χ4v) is 2.80. The average molecular weight is 304 g/mol. The quantitative estimate of drug-likeness (QED) is 0.809. The molecule has 0 unspecified atom stereocenters. The number of hydrogen-bond acceptors (Lipinski definition) is 4. The summed E-state index contributed by atoms with van der Waals surface area (Å²) in [6.45, 7) is 1.98. The molecular weight excluding hydrogens is 291 g/mol. The molecule has 7 heteroatoms. The molecule has 0 saturated carbocycles. The summed E-state index contributed by atoms with van der Waals surface area (Å²) in [6.07, 6.45) is 0.779. The molecule has 3 rings (SSSR count). The van der Waals surface area contributed by atoms with Crippen LogP contribution in [0.2, 0.25) is 0 Å². The normalized spacial score (nSPS) is 11.0. The Hall–Kier alpha value is -2.28. The van der Waals surface area contributed by atoms with Crippen molar-refractivity contribution in [1.29, 1.82) is 0 Å². The number of aryl methyl sites for hydroxylation is 2. The van der Waals surface area contributed by atoms with Gasteiger partial charge in [0.2, 0.25) is 5.13 Å². The Morgan fingerprint density at radius 3 is 2.90 bits per heavy atom. The number of fused-ring (bicyclic) bond motifs is 1. The lowest BCUT2D eigenvalue weighted by atomic mass is 10.2. The number of nitrogens with one attached hydrogen (secondary N) is 1. The first kappa shape index (κ1) is 13.7. The number of nitrogens with zero attached hydrogens (tertiary/aromatic N) is 3. The molecule has 21 heavy (non-hydrogen) atoms. The van der Waals surface area contributed by atoms with Gasteiger partial charge in [0.1, 0.15) is 16.5 Å². The zero-order valence-electron chi connectivity index (χ0n) is 11.6. The van der Waals surface area contributed by atoms with E-state index in [-0.39, 0.29) is 11.7 Å². The molecule has 0 aliphatic heterocycles. The van der Waals surface area contributed by atoms with Gasteiger partial charge >= 0.3 is 0 Å². The summed E-state index contributed by atoms with van der Waals surface area (Å²) in [5.41, 5.74) is 1.12. The van der Waals surface area contributed by atoms with Gasteiger partial charge in [-0.2, -0.15) is 0 Å². The second kappa shape index (κ2) is 5.25. The van der Waals surface area contributed by atoms with Crippen molar-refractivity contribution in [3.8, 4) is 0 Å². The highest BCUT2D eigenvalue weighted by Crippen LogP contribution is 2.22. The zero-order chi connectivity index (χ0) is 15.0. The molecule has 0 radical (unpaired) electrons. The maximum absolute atomic E-state index is 13.3. The first-order chi connectivity index (χ1) is 10.1. The molecule has 1 N–H and O–H groups in total. The Bertz CT molecular complexity index is 824. The summed E-state index contributed by atoms with van der Waals surface area (Å²) in [7, 11) is 1.73. The minimum absolute atomic E-state index is 0.284. The number of aromatic nitrogens is 3. The molecule has 0 aliphatic carbocycles. The topological polar surface area (TPSA) is 59.8 Å². The van der Waals surface area contributed by atoms with Crippen molar-refractivity contribution in [2.24, 2.45) is 7.05 Å². The molecule has 0 saturated heterocycles. The summed E-state index contributed by atoms with van der Waals surface area (Å²) in [5, 5.41) is 12.7. The molecule has 0 fully saturated rings. The van der Waals surface area contributed by atoms with Crippen molar-refractivity contribution in [2.45, 2.75) is 13.3 Å². The zero-order valence-corrected chi connectivity index (χ0v) is 12.4. The number of carbonyl (C=O) groups is 1. The number of amides is 1. The second-order valence-corrected chi connectivity index (χ2v) is 5.66. The molecule has 108 valence electrons. The van der Waals surface area contributed by atoms with Crippen LogP contribution in [-0.4, -0.2) is 20.7 Å². The van der Waals surface area contributed by atoms with Crippen LogP contribution >= 0.6 is 11.3 Å². The molecule has 1 amide bonds. The van der Waals surface area contributed by atoms with Crippen molar-refractivity contribution in [1.82, 2.24) is 14.8 Å². The summed E-state index contributed by atoms with van der Waals surface area (Å²) >= 11 is 1.35. The average Bonchev–Trinajstić information content (AvgIpc) is 3.04. The van der Waals surface area contributed by atoms with Crippen LogP contribution in [0.15, 0.2) is 24.3 Å². The molecular formula is C14H13FN4OS. The molecule has 0 aliphatic rings. The maximum atomic E-state index is 13.3. The van der Waals surface area contributed by atoms with Crippen LogP contribution in [0.4, 0.5) is 9.52 Å². The standard InChI is InChI=1S/C14H13FN4OS/c1-3-12-17-18-14(21-12)16-13(20)11-6-8-4-5-9(15)7-10(8)19(11)2/h4-7H,3H2,1-2H3,(H,16,18,20). The first-order valence-corrected chi connectivity index (χ1v) is 7.29. The van der Waals surface area contributed by atoms with Crippen molar-refractivity contribution in [3.05, 3.63) is 40.8 Å². The van der Waals surface area contributed by atoms with Crippen LogP contribution in [0.1, 0.15) is 22.4 Å². The number of hydrogen-bond donors (Lipinski definition) is 1. The van der Waals surface area contributed by atoms with Crippen LogP contribution < -0.4 is 5.32 Å². The molecule has 1 aromatic carbocycles. The van der Waals surface area contributed by atoms with Crippen molar-refractivity contribution in [2.75, 3.05) is 5.32 Å². The van der Waals surface area contributed by atoms with E-state index in [2.05, 4.69) is 15.5 Å². The Morgan fingerprint density at radius 1 is 1.38 bits per heavy atom. The van der Waals surface area contributed by atoms with Gasteiger partial charge in [0.25, 0.3) is 5.91 Å². The summed E-state index contributed by atoms with van der Waals surface area (Å²) in [4.78, 5) is 12.3. The Kier molecular flexibility index (Phi) is 3.42. The predicted octanol–water partition coefficient (Wildman–Crippen LogP) is 2.98. The highest BCUT2D eigenvalue weighted by Gasteiger charge is 2.15. The third-order valence-corrected chi connectivity index (χ3v) is 4.21. The molecule has 3 aromatic rings. The fourth-order valence-electron chi connectivity index (χ4n) is 2.13. The SMILES string of the molecule is CCc1nnc(NC(=O)c2cc3ccc(F)cc3n2C)s1. The van der Waals surface area contributed by atoms with Gasteiger partial charge in [0, 0.05) is 12.4 Å². The van der Waals surface area contributed by atoms with Gasteiger partial charge < -0.3 is 4.57 Å². The molecule has 2 heterocycles. The molecule has 5 nitrogen and oxygen atoms in total. The number of anilines is 1. The van der Waals surface area contributed by atoms with E-state index in [1.165, 1.54) is 23.5 Å². The second-order valence-electron chi connectivity index (χ2n) is 4.60. The van der Waals surface area contributed by atoms with E-state index in [9.17, 15) is 9.18 Å². The number of carbonyl (C=O) groups excluding carboxylic acids is 1. The van der Waals surface area contributed by atoms with E-state index in [0.29, 0.717) is 16.3 Å². The van der Waals surface area contributed by atoms with E-state index in [4.69, 9.17) is 0 Å². The first-order valence-electron chi connectivity index (χ1n) is 6.47. The highest BCUT2D eigenvalue weighted by molar-refractivity contribution is 7.15. The summed E-state index contributed by atoms with van der Waals surface area (Å²) < 4.78 is 14.9. The monoisotopic (exact) mass is 304 g/mol. The minimum Gasteiger partial charge on any atom is -0.340 e. The summed E-state index contributed by atoms with van der Waals surface area (Å²) in [6, 6.07) is 6.17. The third kappa shape index (κ3) is 2.52. The number of halogens is 1. The van der Waals surface area contributed by atoms with Crippen LogP contribution in [0.3, 0.4) is 0 Å². The fraction of sp³-hybridized carbons (Fsp3) is 0.214. The van der Waals surface area contributed by atoms with E-state index in [0.717, 1.165) is 16.8 Å². The van der Waals surface area contributed by atoms with Crippen LogP contribution in [0.5, 0.6) is 0 Å². The van der Waals surface area contributed by atoms with Crippen LogP contribution in [-0.2, 0) is 13.5 Å². The van der Waals surface area contributed by atoms with Gasteiger partial charge in [-0.25, -0.2) is 4.39 Å². The van der Waals surface area contributed by atoms with Crippen molar-refractivity contribution >= 4 is 33.3 Å². The Morgan fingerprint density at radius 2 is 2.19 bits per heavy atom. The van der Waals surface area contributed by atoms with E-state index in [1.54, 1.807) is 23.7 Å². The summed E-state index contributed by atoms with van der Waals surface area (Å²) in [5.74, 6) is -0.611. The molecule has 2 aromatic heterocycles. The van der Waals surface area contributed by atoms with Gasteiger partial charge in [-0.15, -0.1) is 10.2 Å². The molecule has 0 atom stereocenters. The minimum atomic E-state index is -0.327. The molecule has 0 spiro atoms. The third-order valence-electron chi connectivity index (χ3n) is 3.23.